The van der Waals surface area contributed by atoms with E-state index in [0.29, 0.717) is 24.0 Å². The lowest BCUT2D eigenvalue weighted by atomic mass is 9.81. The van der Waals surface area contributed by atoms with Crippen LogP contribution in [0.25, 0.3) is 16.7 Å². The molecule has 200 valence electrons. The highest BCUT2D eigenvalue weighted by Crippen LogP contribution is 2.44. The number of carbonyl (C=O) groups excluding carboxylic acids is 1. The van der Waals surface area contributed by atoms with Gasteiger partial charge in [0.15, 0.2) is 11.3 Å². The number of para-hydroxylation sites is 1. The van der Waals surface area contributed by atoms with Crippen LogP contribution in [0.15, 0.2) is 36.4 Å². The summed E-state index contributed by atoms with van der Waals surface area (Å²) in [5, 5.41) is 16.0. The molecule has 9 nitrogen and oxygen atoms in total. The molecule has 0 radical (unpaired) electrons. The highest BCUT2D eigenvalue weighted by molar-refractivity contribution is 5.98. The summed E-state index contributed by atoms with van der Waals surface area (Å²) in [6.07, 6.45) is 4.80. The lowest BCUT2D eigenvalue weighted by Crippen LogP contribution is -2.48. The maximum atomic E-state index is 12.9. The largest absolute Gasteiger partial charge is 0.477 e. The second-order valence-corrected chi connectivity index (χ2v) is 11.8. The number of aromatic nitrogens is 3. The van der Waals surface area contributed by atoms with Crippen molar-refractivity contribution in [1.29, 1.82) is 0 Å². The second kappa shape index (κ2) is 9.29. The maximum Gasteiger partial charge on any atom is 0.410 e. The molecule has 1 N–H and O–H groups in total. The Morgan fingerprint density at radius 2 is 1.82 bits per heavy atom. The monoisotopic (exact) mass is 517 g/mol. The van der Waals surface area contributed by atoms with Crippen LogP contribution in [-0.2, 0) is 4.74 Å². The summed E-state index contributed by atoms with van der Waals surface area (Å²) < 4.78 is 7.49. The number of carbonyl (C=O) groups is 2. The lowest BCUT2D eigenvalue weighted by Gasteiger charge is -2.39. The lowest BCUT2D eigenvalue weighted by molar-refractivity contribution is 0.0194. The summed E-state index contributed by atoms with van der Waals surface area (Å²) in [5.41, 5.74) is 2.86. The third kappa shape index (κ3) is 4.37. The Morgan fingerprint density at radius 1 is 1.05 bits per heavy atom. The van der Waals surface area contributed by atoms with Gasteiger partial charge in [0.2, 0.25) is 0 Å². The average molecular weight is 518 g/mol. The first-order valence-electron chi connectivity index (χ1n) is 13.7. The molecule has 1 aliphatic carbocycles. The predicted molar refractivity (Wildman–Crippen MR) is 144 cm³/mol. The van der Waals surface area contributed by atoms with E-state index in [0.717, 1.165) is 61.2 Å². The van der Waals surface area contributed by atoms with Crippen LogP contribution in [0.1, 0.15) is 75.0 Å². The smallest absolute Gasteiger partial charge is 0.410 e. The summed E-state index contributed by atoms with van der Waals surface area (Å²) in [6.45, 7) is 7.84. The topological polar surface area (TPSA) is 101 Å². The summed E-state index contributed by atoms with van der Waals surface area (Å²) in [7, 11) is 0. The second-order valence-electron chi connectivity index (χ2n) is 11.8. The molecule has 6 rings (SSSR count). The minimum Gasteiger partial charge on any atom is -0.477 e. The zero-order chi connectivity index (χ0) is 26.6. The molecule has 3 aliphatic rings. The van der Waals surface area contributed by atoms with Gasteiger partial charge in [-0.15, -0.1) is 0 Å². The van der Waals surface area contributed by atoms with Crippen LogP contribution in [0.5, 0.6) is 0 Å². The standard InChI is InChI=1S/C29H35N5O4/c1-29(2,3)38-28(37)33-15-12-19-17-32(14-13-22(19)33)23-16-21(27(35)36)30-26-24(23)25(18-8-7-9-18)31-34(26)20-10-5-4-6-11-20/h4-6,10-11,16,18-19,22H,7-9,12-15,17H2,1-3H3,(H,35,36)/t19-,22+/m1/s1. The zero-order valence-electron chi connectivity index (χ0n) is 22.3. The van der Waals surface area contributed by atoms with Gasteiger partial charge in [0.1, 0.15) is 5.60 Å². The molecule has 9 heteroatoms. The van der Waals surface area contributed by atoms with Crippen molar-refractivity contribution in [2.45, 2.75) is 70.4 Å². The molecule has 3 aromatic rings. The number of fused-ring (bicyclic) bond motifs is 2. The molecule has 1 saturated carbocycles. The van der Waals surface area contributed by atoms with E-state index in [1.165, 1.54) is 6.42 Å². The molecule has 1 amide bonds. The molecule has 1 aromatic carbocycles. The number of pyridine rings is 1. The fraction of sp³-hybridized carbons (Fsp3) is 0.517. The van der Waals surface area contributed by atoms with E-state index in [1.807, 2.05) is 60.7 Å². The average Bonchev–Trinajstić information content (AvgIpc) is 3.43. The van der Waals surface area contributed by atoms with E-state index in [4.69, 9.17) is 9.84 Å². The minimum atomic E-state index is -1.05. The molecule has 0 spiro atoms. The Labute approximate surface area is 222 Å². The van der Waals surface area contributed by atoms with Gasteiger partial charge in [-0.25, -0.2) is 19.3 Å². The maximum absolute atomic E-state index is 12.9. The van der Waals surface area contributed by atoms with Crippen molar-refractivity contribution in [1.82, 2.24) is 19.7 Å². The molecule has 4 heterocycles. The number of hydrogen-bond acceptors (Lipinski definition) is 6. The number of carboxylic acids is 1. The van der Waals surface area contributed by atoms with Gasteiger partial charge >= 0.3 is 12.1 Å². The zero-order valence-corrected chi connectivity index (χ0v) is 22.3. The van der Waals surface area contributed by atoms with Crippen LogP contribution in [-0.4, -0.2) is 68.1 Å². The fourth-order valence-corrected chi connectivity index (χ4v) is 6.15. The predicted octanol–water partition coefficient (Wildman–Crippen LogP) is 5.22. The highest BCUT2D eigenvalue weighted by Gasteiger charge is 2.43. The Balaban J connectivity index is 1.39. The first kappa shape index (κ1) is 24.7. The molecule has 2 aromatic heterocycles. The summed E-state index contributed by atoms with van der Waals surface area (Å²) in [5.74, 6) is -0.402. The van der Waals surface area contributed by atoms with Gasteiger partial charge in [0.25, 0.3) is 0 Å². The van der Waals surface area contributed by atoms with Crippen LogP contribution >= 0.6 is 0 Å². The summed E-state index contributed by atoms with van der Waals surface area (Å²) in [6, 6.07) is 11.7. The van der Waals surface area contributed by atoms with Gasteiger partial charge in [0.05, 0.1) is 22.5 Å². The summed E-state index contributed by atoms with van der Waals surface area (Å²) >= 11 is 0. The molecule has 2 saturated heterocycles. The van der Waals surface area contributed by atoms with Crippen LogP contribution in [0.4, 0.5) is 10.5 Å². The Kier molecular flexibility index (Phi) is 6.04. The van der Waals surface area contributed by atoms with Crippen molar-refractivity contribution in [2.75, 3.05) is 24.5 Å². The van der Waals surface area contributed by atoms with Crippen LogP contribution in [0, 0.1) is 5.92 Å². The van der Waals surface area contributed by atoms with E-state index in [9.17, 15) is 14.7 Å². The number of aromatic carboxylic acids is 1. The fourth-order valence-electron chi connectivity index (χ4n) is 6.15. The number of hydrogen-bond donors (Lipinski definition) is 1. The first-order chi connectivity index (χ1) is 18.2. The number of carboxylic acid groups (broad SMARTS) is 1. The minimum absolute atomic E-state index is 0.0219. The highest BCUT2D eigenvalue weighted by atomic mass is 16.6. The Bertz CT molecular complexity index is 1380. The number of nitrogens with zero attached hydrogens (tertiary/aromatic N) is 5. The number of amides is 1. The number of ether oxygens (including phenoxy) is 1. The van der Waals surface area contributed by atoms with E-state index in [-0.39, 0.29) is 17.8 Å². The van der Waals surface area contributed by atoms with Crippen molar-refractivity contribution in [3.8, 4) is 5.69 Å². The van der Waals surface area contributed by atoms with Gasteiger partial charge in [0, 0.05) is 31.6 Å². The molecule has 0 bridgehead atoms. The quantitative estimate of drug-likeness (QED) is 0.506. The molecule has 0 unspecified atom stereocenters. The molecular formula is C29H35N5O4. The van der Waals surface area contributed by atoms with Crippen LogP contribution in [0.2, 0.25) is 0 Å². The van der Waals surface area contributed by atoms with Crippen molar-refractivity contribution in [3.05, 3.63) is 47.8 Å². The van der Waals surface area contributed by atoms with Crippen molar-refractivity contribution >= 4 is 28.8 Å². The van der Waals surface area contributed by atoms with E-state index in [1.54, 1.807) is 6.07 Å². The molecule has 38 heavy (non-hydrogen) atoms. The number of benzene rings is 1. The van der Waals surface area contributed by atoms with Crippen LogP contribution < -0.4 is 4.90 Å². The molecular weight excluding hydrogens is 482 g/mol. The Hall–Kier alpha value is -3.62. The Morgan fingerprint density at radius 3 is 2.47 bits per heavy atom. The van der Waals surface area contributed by atoms with E-state index < -0.39 is 11.6 Å². The van der Waals surface area contributed by atoms with Gasteiger partial charge in [-0.05, 0) is 70.6 Å². The molecule has 3 fully saturated rings. The van der Waals surface area contributed by atoms with Gasteiger partial charge in [-0.3, -0.25) is 0 Å². The van der Waals surface area contributed by atoms with E-state index in [2.05, 4.69) is 9.88 Å². The normalized spacial score (nSPS) is 21.9. The number of anilines is 1. The van der Waals surface area contributed by atoms with E-state index >= 15 is 0 Å². The number of rotatable bonds is 4. The SMILES string of the molecule is CC(C)(C)OC(=O)N1CC[C@@H]2CN(c3cc(C(=O)O)nc4c3c(C3CCC3)nn4-c3ccccc3)CC[C@@H]21. The van der Waals surface area contributed by atoms with Gasteiger partial charge in [-0.2, -0.15) is 5.10 Å². The van der Waals surface area contributed by atoms with Crippen LogP contribution in [0.3, 0.4) is 0 Å². The van der Waals surface area contributed by atoms with Gasteiger partial charge in [-0.1, -0.05) is 24.6 Å². The third-order valence-corrected chi connectivity index (χ3v) is 8.16. The molecule has 2 aliphatic heterocycles. The number of likely N-dealkylation sites (tertiary alicyclic amines) is 1. The van der Waals surface area contributed by atoms with Crippen molar-refractivity contribution < 1.29 is 19.4 Å². The third-order valence-electron chi connectivity index (χ3n) is 8.16. The molecule has 2 atom stereocenters. The first-order valence-corrected chi connectivity index (χ1v) is 13.7. The summed E-state index contributed by atoms with van der Waals surface area (Å²) in [4.78, 5) is 33.8. The van der Waals surface area contributed by atoms with Crippen molar-refractivity contribution in [3.63, 3.8) is 0 Å². The van der Waals surface area contributed by atoms with Gasteiger partial charge < -0.3 is 19.6 Å². The van der Waals surface area contributed by atoms with Crippen molar-refractivity contribution in [2.24, 2.45) is 5.92 Å². The number of piperidine rings is 1.